The molecule has 0 saturated heterocycles. The average molecular weight is 351 g/mol. The van der Waals surface area contributed by atoms with Crippen molar-refractivity contribution in [3.63, 3.8) is 0 Å². The van der Waals surface area contributed by atoms with E-state index in [-0.39, 0.29) is 12.3 Å². The Bertz CT molecular complexity index is 952. The van der Waals surface area contributed by atoms with Crippen LogP contribution in [-0.2, 0) is 0 Å². The summed E-state index contributed by atoms with van der Waals surface area (Å²) in [7, 11) is 0. The molecule has 3 heterocycles. The van der Waals surface area contributed by atoms with E-state index >= 15 is 0 Å². The number of nitrogens with zero attached hydrogens (tertiary/aromatic N) is 2. The monoisotopic (exact) mass is 350 g/mol. The van der Waals surface area contributed by atoms with Crippen LogP contribution in [0.2, 0.25) is 5.02 Å². The molecule has 0 amide bonds. The minimum Gasteiger partial charge on any atom is -0.464 e. The summed E-state index contributed by atoms with van der Waals surface area (Å²) in [6.45, 7) is 0. The van der Waals surface area contributed by atoms with E-state index in [1.54, 1.807) is 6.26 Å². The van der Waals surface area contributed by atoms with E-state index in [4.69, 9.17) is 25.9 Å². The summed E-state index contributed by atoms with van der Waals surface area (Å²) in [4.78, 5) is 0. The molecule has 0 aliphatic carbocycles. The average Bonchev–Trinajstić information content (AvgIpc) is 3.31. The van der Waals surface area contributed by atoms with Gasteiger partial charge in [-0.25, -0.2) is 5.01 Å². The highest BCUT2D eigenvalue weighted by atomic mass is 35.5. The molecule has 2 atom stereocenters. The third kappa shape index (κ3) is 2.33. The van der Waals surface area contributed by atoms with E-state index in [9.17, 15) is 0 Å². The Labute approximate surface area is 150 Å². The van der Waals surface area contributed by atoms with Gasteiger partial charge in [0.1, 0.15) is 17.2 Å². The molecule has 25 heavy (non-hydrogen) atoms. The number of para-hydroxylation sites is 1. The second-order valence-corrected chi connectivity index (χ2v) is 6.56. The van der Waals surface area contributed by atoms with Crippen LogP contribution in [0.15, 0.2) is 76.4 Å². The first-order chi connectivity index (χ1) is 12.3. The fraction of sp³-hybridized carbons (Fsp3) is 0.150. The molecule has 4 nitrogen and oxygen atoms in total. The Morgan fingerprint density at radius 3 is 2.56 bits per heavy atom. The molecule has 2 aliphatic rings. The molecule has 0 fully saturated rings. The maximum absolute atomic E-state index is 6.44. The molecule has 0 N–H and O–H groups in total. The largest absolute Gasteiger partial charge is 0.464 e. The number of fused-ring (bicyclic) bond motifs is 3. The van der Waals surface area contributed by atoms with Crippen LogP contribution < -0.4 is 4.74 Å². The maximum atomic E-state index is 6.44. The number of ether oxygens (including phenoxy) is 1. The van der Waals surface area contributed by atoms with Gasteiger partial charge in [0.25, 0.3) is 0 Å². The zero-order valence-corrected chi connectivity index (χ0v) is 14.1. The fourth-order valence-electron chi connectivity index (χ4n) is 3.51. The van der Waals surface area contributed by atoms with Crippen LogP contribution in [0.25, 0.3) is 0 Å². The van der Waals surface area contributed by atoms with Gasteiger partial charge in [-0.15, -0.1) is 0 Å². The van der Waals surface area contributed by atoms with Gasteiger partial charge in [0.05, 0.1) is 12.3 Å². The second kappa shape index (κ2) is 5.67. The molecule has 0 unspecified atom stereocenters. The van der Waals surface area contributed by atoms with E-state index in [1.807, 2.05) is 59.6 Å². The number of halogens is 1. The van der Waals surface area contributed by atoms with Gasteiger partial charge in [-0.05, 0) is 24.3 Å². The Morgan fingerprint density at radius 1 is 0.960 bits per heavy atom. The standard InChI is InChI=1S/C20H15ClN2O2/c21-15-8-3-1-6-13(15)20-23-17(14-7-2-4-9-18(14)25-20)12-16(22-23)19-10-5-11-24-19/h1-11,17,20H,12H2/t17-,20-/m0/s1. The van der Waals surface area contributed by atoms with Gasteiger partial charge in [-0.1, -0.05) is 48.0 Å². The Balaban J connectivity index is 1.63. The summed E-state index contributed by atoms with van der Waals surface area (Å²) in [6.07, 6.45) is 2.08. The summed E-state index contributed by atoms with van der Waals surface area (Å²) in [5.41, 5.74) is 2.97. The zero-order chi connectivity index (χ0) is 16.8. The lowest BCUT2D eigenvalue weighted by molar-refractivity contribution is -0.0189. The molecule has 1 aromatic heterocycles. The van der Waals surface area contributed by atoms with Gasteiger partial charge in [0, 0.05) is 22.6 Å². The topological polar surface area (TPSA) is 38.0 Å². The summed E-state index contributed by atoms with van der Waals surface area (Å²) < 4.78 is 11.8. The summed E-state index contributed by atoms with van der Waals surface area (Å²) >= 11 is 6.44. The minimum absolute atomic E-state index is 0.103. The molecule has 3 aromatic rings. The van der Waals surface area contributed by atoms with Crippen molar-refractivity contribution in [2.45, 2.75) is 18.7 Å². The predicted octanol–water partition coefficient (Wildman–Crippen LogP) is 5.18. The highest BCUT2D eigenvalue weighted by Gasteiger charge is 2.41. The van der Waals surface area contributed by atoms with E-state index in [1.165, 1.54) is 0 Å². The number of hydrogen-bond acceptors (Lipinski definition) is 4. The van der Waals surface area contributed by atoms with Crippen molar-refractivity contribution in [2.75, 3.05) is 0 Å². The molecule has 124 valence electrons. The van der Waals surface area contributed by atoms with Gasteiger partial charge < -0.3 is 9.15 Å². The van der Waals surface area contributed by atoms with Gasteiger partial charge in [0.15, 0.2) is 0 Å². The lowest BCUT2D eigenvalue weighted by Gasteiger charge is -2.38. The van der Waals surface area contributed by atoms with E-state index in [0.717, 1.165) is 34.8 Å². The van der Waals surface area contributed by atoms with Crippen LogP contribution in [0, 0.1) is 0 Å². The molecular formula is C20H15ClN2O2. The smallest absolute Gasteiger partial charge is 0.215 e. The quantitative estimate of drug-likeness (QED) is 0.639. The van der Waals surface area contributed by atoms with Crippen molar-refractivity contribution in [1.82, 2.24) is 5.01 Å². The van der Waals surface area contributed by atoms with E-state index in [0.29, 0.717) is 5.02 Å². The van der Waals surface area contributed by atoms with Crippen LogP contribution in [0.3, 0.4) is 0 Å². The van der Waals surface area contributed by atoms with Gasteiger partial charge in [-0.2, -0.15) is 5.10 Å². The van der Waals surface area contributed by atoms with Crippen LogP contribution in [0.1, 0.15) is 35.6 Å². The summed E-state index contributed by atoms with van der Waals surface area (Å²) in [6, 6.07) is 19.8. The van der Waals surface area contributed by atoms with Crippen molar-refractivity contribution >= 4 is 17.3 Å². The first-order valence-electron chi connectivity index (χ1n) is 8.21. The Kier molecular flexibility index (Phi) is 3.31. The van der Waals surface area contributed by atoms with Gasteiger partial charge >= 0.3 is 0 Å². The molecule has 5 rings (SSSR count). The fourth-order valence-corrected chi connectivity index (χ4v) is 3.74. The molecule has 5 heteroatoms. The van der Waals surface area contributed by atoms with Gasteiger partial charge in [0.2, 0.25) is 6.23 Å². The zero-order valence-electron chi connectivity index (χ0n) is 13.3. The first kappa shape index (κ1) is 14.6. The molecule has 0 bridgehead atoms. The number of rotatable bonds is 2. The SMILES string of the molecule is Clc1ccccc1[C@@H]1Oc2ccccc2[C@@H]2CC(c3ccco3)=NN21. The third-order valence-corrected chi connectivity index (χ3v) is 5.02. The molecule has 2 aliphatic heterocycles. The number of furan rings is 1. The number of hydrazone groups is 1. The molecule has 0 spiro atoms. The molecule has 0 radical (unpaired) electrons. The van der Waals surface area contributed by atoms with Crippen molar-refractivity contribution in [3.8, 4) is 5.75 Å². The first-order valence-corrected chi connectivity index (χ1v) is 8.59. The van der Waals surface area contributed by atoms with E-state index < -0.39 is 0 Å². The molecular weight excluding hydrogens is 336 g/mol. The molecule has 0 saturated carbocycles. The third-order valence-electron chi connectivity index (χ3n) is 4.68. The van der Waals surface area contributed by atoms with Gasteiger partial charge in [-0.3, -0.25) is 0 Å². The maximum Gasteiger partial charge on any atom is 0.215 e. The van der Waals surface area contributed by atoms with Crippen LogP contribution >= 0.6 is 11.6 Å². The van der Waals surface area contributed by atoms with Crippen molar-refractivity contribution in [3.05, 3.63) is 88.8 Å². The lowest BCUT2D eigenvalue weighted by atomic mass is 9.97. The Hall–Kier alpha value is -2.72. The summed E-state index contributed by atoms with van der Waals surface area (Å²) in [5, 5.41) is 7.50. The Morgan fingerprint density at radius 2 is 1.76 bits per heavy atom. The highest BCUT2D eigenvalue weighted by Crippen LogP contribution is 2.48. The lowest BCUT2D eigenvalue weighted by Crippen LogP contribution is -2.33. The van der Waals surface area contributed by atoms with Crippen LogP contribution in [-0.4, -0.2) is 10.7 Å². The second-order valence-electron chi connectivity index (χ2n) is 6.15. The number of benzene rings is 2. The van der Waals surface area contributed by atoms with E-state index in [2.05, 4.69) is 6.07 Å². The summed E-state index contributed by atoms with van der Waals surface area (Å²) in [5.74, 6) is 1.68. The minimum atomic E-state index is -0.360. The normalized spacial score (nSPS) is 21.3. The van der Waals surface area contributed by atoms with Crippen molar-refractivity contribution < 1.29 is 9.15 Å². The van der Waals surface area contributed by atoms with Crippen molar-refractivity contribution in [1.29, 1.82) is 0 Å². The predicted molar refractivity (Wildman–Crippen MR) is 95.7 cm³/mol. The highest BCUT2D eigenvalue weighted by molar-refractivity contribution is 6.31. The molecule has 2 aromatic carbocycles. The van der Waals surface area contributed by atoms with Crippen molar-refractivity contribution in [2.24, 2.45) is 5.10 Å². The van der Waals surface area contributed by atoms with Crippen LogP contribution in [0.4, 0.5) is 0 Å². The number of hydrogen-bond donors (Lipinski definition) is 0. The van der Waals surface area contributed by atoms with Crippen LogP contribution in [0.5, 0.6) is 5.75 Å².